The van der Waals surface area contributed by atoms with E-state index >= 15 is 0 Å². The molecule has 1 aliphatic carbocycles. The molecule has 0 spiro atoms. The molecule has 2 N–H and O–H groups in total. The Kier molecular flexibility index (Phi) is 5.73. The summed E-state index contributed by atoms with van der Waals surface area (Å²) in [6.07, 6.45) is 7.01. The molecule has 1 aromatic rings. The molecule has 0 bridgehead atoms. The molecule has 0 radical (unpaired) electrons. The first-order valence-electron chi connectivity index (χ1n) is 7.26. The lowest BCUT2D eigenvalue weighted by molar-refractivity contribution is -0.00294. The van der Waals surface area contributed by atoms with Gasteiger partial charge in [-0.15, -0.1) is 0 Å². The van der Waals surface area contributed by atoms with E-state index in [1.807, 2.05) is 0 Å². The van der Waals surface area contributed by atoms with Crippen molar-refractivity contribution in [1.29, 1.82) is 0 Å². The van der Waals surface area contributed by atoms with Gasteiger partial charge in [0.05, 0.1) is 18.3 Å². The van der Waals surface area contributed by atoms with Crippen LogP contribution in [0.4, 0.5) is 0 Å². The first-order valence-corrected chi connectivity index (χ1v) is 7.67. The zero-order valence-electron chi connectivity index (χ0n) is 11.9. The number of amides is 1. The van der Waals surface area contributed by atoms with E-state index in [-0.39, 0.29) is 5.91 Å². The average Bonchev–Trinajstić information content (AvgIpc) is 2.45. The maximum absolute atomic E-state index is 11.9. The Labute approximate surface area is 124 Å². The van der Waals surface area contributed by atoms with Gasteiger partial charge < -0.3 is 15.0 Å². The molecule has 20 heavy (non-hydrogen) atoms. The van der Waals surface area contributed by atoms with Crippen LogP contribution in [0, 0.1) is 10.6 Å². The summed E-state index contributed by atoms with van der Waals surface area (Å²) >= 11 is 5.08. The predicted molar refractivity (Wildman–Crippen MR) is 81.3 cm³/mol. The fourth-order valence-electron chi connectivity index (χ4n) is 2.60. The normalized spacial score (nSPS) is 22.4. The minimum atomic E-state index is -0.146. The second kappa shape index (κ2) is 7.55. The molecule has 110 valence electrons. The number of carbonyl (C=O) groups is 1. The van der Waals surface area contributed by atoms with Gasteiger partial charge in [-0.3, -0.25) is 4.79 Å². The maximum atomic E-state index is 11.9. The Balaban J connectivity index is 1.72. The fraction of sp³-hybridized carbons (Fsp3) is 0.600. The van der Waals surface area contributed by atoms with Crippen molar-refractivity contribution in [3.05, 3.63) is 28.5 Å². The largest absolute Gasteiger partial charge is 0.376 e. The summed E-state index contributed by atoms with van der Waals surface area (Å²) in [5.41, 5.74) is 0.508. The number of H-pyrrole nitrogens is 1. The van der Waals surface area contributed by atoms with Crippen LogP contribution >= 0.6 is 12.2 Å². The third-order valence-corrected chi connectivity index (χ3v) is 4.15. The Hall–Kier alpha value is -1.20. The minimum Gasteiger partial charge on any atom is -0.376 e. The molecular weight excluding hydrogens is 272 g/mol. The van der Waals surface area contributed by atoms with E-state index < -0.39 is 0 Å². The highest BCUT2D eigenvalue weighted by molar-refractivity contribution is 7.71. The summed E-state index contributed by atoms with van der Waals surface area (Å²) in [5.74, 6) is 0.481. The summed E-state index contributed by atoms with van der Waals surface area (Å²) in [7, 11) is 0. The zero-order chi connectivity index (χ0) is 14.4. The highest BCUT2D eigenvalue weighted by Crippen LogP contribution is 2.25. The SMILES string of the molecule is C[C@@H]1CCCC[C@H]1OCCNC(=O)c1ccc[nH]c1=S. The minimum absolute atomic E-state index is 0.146. The first kappa shape index (κ1) is 15.2. The Morgan fingerprint density at radius 1 is 1.50 bits per heavy atom. The molecule has 0 saturated heterocycles. The molecule has 5 heteroatoms. The van der Waals surface area contributed by atoms with Crippen molar-refractivity contribution >= 4 is 18.1 Å². The summed E-state index contributed by atoms with van der Waals surface area (Å²) < 4.78 is 6.33. The third-order valence-electron chi connectivity index (χ3n) is 3.82. The van der Waals surface area contributed by atoms with Crippen LogP contribution in [0.2, 0.25) is 0 Å². The van der Waals surface area contributed by atoms with Gasteiger partial charge in [0.1, 0.15) is 4.64 Å². The van der Waals surface area contributed by atoms with E-state index in [9.17, 15) is 4.79 Å². The van der Waals surface area contributed by atoms with E-state index in [1.54, 1.807) is 18.3 Å². The Morgan fingerprint density at radius 2 is 2.30 bits per heavy atom. The summed E-state index contributed by atoms with van der Waals surface area (Å²) in [6.45, 7) is 3.32. The summed E-state index contributed by atoms with van der Waals surface area (Å²) in [5, 5.41) is 2.84. The summed E-state index contributed by atoms with van der Waals surface area (Å²) in [6, 6.07) is 3.49. The molecule has 1 aromatic heterocycles. The topological polar surface area (TPSA) is 54.1 Å². The lowest BCUT2D eigenvalue weighted by atomic mass is 9.88. The van der Waals surface area contributed by atoms with Gasteiger partial charge in [0.2, 0.25) is 0 Å². The molecule has 2 rings (SSSR count). The highest BCUT2D eigenvalue weighted by atomic mass is 32.1. The molecule has 1 heterocycles. The van der Waals surface area contributed by atoms with E-state index in [1.165, 1.54) is 19.3 Å². The van der Waals surface area contributed by atoms with Crippen molar-refractivity contribution in [2.24, 2.45) is 5.92 Å². The average molecular weight is 294 g/mol. The number of hydrogen-bond acceptors (Lipinski definition) is 3. The number of aromatic amines is 1. The fourth-order valence-corrected chi connectivity index (χ4v) is 2.83. The van der Waals surface area contributed by atoms with Crippen LogP contribution in [0.1, 0.15) is 43.0 Å². The van der Waals surface area contributed by atoms with Gasteiger partial charge >= 0.3 is 0 Å². The molecule has 0 aliphatic heterocycles. The van der Waals surface area contributed by atoms with E-state index in [4.69, 9.17) is 17.0 Å². The van der Waals surface area contributed by atoms with Crippen molar-refractivity contribution in [2.75, 3.05) is 13.2 Å². The zero-order valence-corrected chi connectivity index (χ0v) is 12.7. The van der Waals surface area contributed by atoms with Crippen molar-refractivity contribution in [2.45, 2.75) is 38.7 Å². The van der Waals surface area contributed by atoms with Crippen LogP contribution in [0.25, 0.3) is 0 Å². The van der Waals surface area contributed by atoms with Crippen LogP contribution in [-0.2, 0) is 4.74 Å². The quantitative estimate of drug-likeness (QED) is 0.648. The number of pyridine rings is 1. The molecule has 1 amide bonds. The number of ether oxygens (including phenoxy) is 1. The van der Waals surface area contributed by atoms with Gasteiger partial charge in [-0.2, -0.15) is 0 Å². The highest BCUT2D eigenvalue weighted by Gasteiger charge is 2.21. The Morgan fingerprint density at radius 3 is 3.05 bits per heavy atom. The lowest BCUT2D eigenvalue weighted by Crippen LogP contribution is -2.32. The molecular formula is C15H22N2O2S. The first-order chi connectivity index (χ1) is 9.68. The van der Waals surface area contributed by atoms with Crippen molar-refractivity contribution < 1.29 is 9.53 Å². The predicted octanol–water partition coefficient (Wildman–Crippen LogP) is 3.07. The molecule has 1 fully saturated rings. The maximum Gasteiger partial charge on any atom is 0.254 e. The molecule has 0 aromatic carbocycles. The van der Waals surface area contributed by atoms with E-state index in [0.717, 1.165) is 6.42 Å². The van der Waals surface area contributed by atoms with Gasteiger partial charge in [0.15, 0.2) is 0 Å². The van der Waals surface area contributed by atoms with Crippen LogP contribution in [-0.4, -0.2) is 30.1 Å². The third kappa shape index (κ3) is 4.15. The van der Waals surface area contributed by atoms with Gasteiger partial charge in [-0.05, 0) is 30.9 Å². The summed E-state index contributed by atoms with van der Waals surface area (Å²) in [4.78, 5) is 14.8. The molecule has 2 atom stereocenters. The van der Waals surface area contributed by atoms with E-state index in [0.29, 0.717) is 35.4 Å². The van der Waals surface area contributed by atoms with Crippen LogP contribution in [0.15, 0.2) is 18.3 Å². The molecule has 1 saturated carbocycles. The van der Waals surface area contributed by atoms with Crippen LogP contribution in [0.5, 0.6) is 0 Å². The van der Waals surface area contributed by atoms with Gasteiger partial charge in [0.25, 0.3) is 5.91 Å². The number of hydrogen-bond donors (Lipinski definition) is 2. The van der Waals surface area contributed by atoms with Crippen molar-refractivity contribution in [3.8, 4) is 0 Å². The van der Waals surface area contributed by atoms with Gasteiger partial charge in [-0.25, -0.2) is 0 Å². The number of carbonyl (C=O) groups excluding carboxylic acids is 1. The van der Waals surface area contributed by atoms with E-state index in [2.05, 4.69) is 17.2 Å². The van der Waals surface area contributed by atoms with Crippen LogP contribution in [0.3, 0.4) is 0 Å². The van der Waals surface area contributed by atoms with Crippen molar-refractivity contribution in [1.82, 2.24) is 10.3 Å². The molecule has 0 unspecified atom stereocenters. The number of nitrogens with one attached hydrogen (secondary N) is 2. The van der Waals surface area contributed by atoms with Crippen LogP contribution < -0.4 is 5.32 Å². The molecule has 1 aliphatic rings. The van der Waals surface area contributed by atoms with Gasteiger partial charge in [0, 0.05) is 12.7 Å². The smallest absolute Gasteiger partial charge is 0.254 e. The van der Waals surface area contributed by atoms with Crippen molar-refractivity contribution in [3.63, 3.8) is 0 Å². The molecule has 4 nitrogen and oxygen atoms in total. The van der Waals surface area contributed by atoms with Gasteiger partial charge in [-0.1, -0.05) is 32.0 Å². The second-order valence-corrected chi connectivity index (χ2v) is 5.75. The lowest BCUT2D eigenvalue weighted by Gasteiger charge is -2.28. The number of rotatable bonds is 5. The monoisotopic (exact) mass is 294 g/mol. The standard InChI is InChI=1S/C15H22N2O2S/c1-11-5-2-3-7-13(11)19-10-9-16-14(18)12-6-4-8-17-15(12)20/h4,6,8,11,13H,2-3,5,7,9-10H2,1H3,(H,16,18)(H,17,20)/t11-,13-/m1/s1. The Bertz CT molecular complexity index is 501. The number of aromatic nitrogens is 1. The second-order valence-electron chi connectivity index (χ2n) is 5.34.